The van der Waals surface area contributed by atoms with Gasteiger partial charge in [0.15, 0.2) is 10.6 Å². The Kier molecular flexibility index (Phi) is 5.89. The number of hydrogen-bond acceptors (Lipinski definition) is 7. The SMILES string of the molecule is CC(C)COC(=O)c1ccccc1OS(=O)(=O)c1cn(C)c(=O)n(C)c1=O. The van der Waals surface area contributed by atoms with Crippen LogP contribution in [0.3, 0.4) is 0 Å². The first-order valence-corrected chi connectivity index (χ1v) is 9.42. The van der Waals surface area contributed by atoms with Crippen LogP contribution in [0.5, 0.6) is 5.75 Å². The van der Waals surface area contributed by atoms with Crippen LogP contribution < -0.4 is 15.4 Å². The highest BCUT2D eigenvalue weighted by molar-refractivity contribution is 7.87. The predicted molar refractivity (Wildman–Crippen MR) is 96.3 cm³/mol. The normalized spacial score (nSPS) is 11.4. The van der Waals surface area contributed by atoms with Crippen molar-refractivity contribution in [1.29, 1.82) is 0 Å². The minimum atomic E-state index is -4.59. The Morgan fingerprint density at radius 1 is 1.15 bits per heavy atom. The summed E-state index contributed by atoms with van der Waals surface area (Å²) < 4.78 is 36.9. The molecule has 146 valence electrons. The number of benzene rings is 1. The van der Waals surface area contributed by atoms with Gasteiger partial charge in [0.1, 0.15) is 5.56 Å². The van der Waals surface area contributed by atoms with E-state index in [4.69, 9.17) is 8.92 Å². The number of rotatable bonds is 6. The van der Waals surface area contributed by atoms with E-state index < -0.39 is 32.2 Å². The number of esters is 1. The third-order valence-electron chi connectivity index (χ3n) is 3.54. The number of hydrogen-bond donors (Lipinski definition) is 0. The molecule has 1 heterocycles. The standard InChI is InChI=1S/C17H20N2O7S/c1-11(2)10-25-16(21)12-7-5-6-8-13(12)26-27(23,24)14-9-18(3)17(22)19(4)15(14)20/h5-9,11H,10H2,1-4H3. The van der Waals surface area contributed by atoms with Crippen LogP contribution in [0.4, 0.5) is 0 Å². The van der Waals surface area contributed by atoms with Gasteiger partial charge in [-0.1, -0.05) is 26.0 Å². The van der Waals surface area contributed by atoms with Crippen LogP contribution in [0.25, 0.3) is 0 Å². The van der Waals surface area contributed by atoms with E-state index in [9.17, 15) is 22.8 Å². The van der Waals surface area contributed by atoms with E-state index in [-0.39, 0.29) is 23.8 Å². The fourth-order valence-electron chi connectivity index (χ4n) is 2.14. The van der Waals surface area contributed by atoms with E-state index in [2.05, 4.69) is 0 Å². The van der Waals surface area contributed by atoms with Gasteiger partial charge in [-0.15, -0.1) is 0 Å². The second-order valence-corrected chi connectivity index (χ2v) is 7.79. The summed E-state index contributed by atoms with van der Waals surface area (Å²) in [5.41, 5.74) is -1.81. The highest BCUT2D eigenvalue weighted by Crippen LogP contribution is 2.23. The molecule has 0 bridgehead atoms. The molecule has 0 amide bonds. The van der Waals surface area contributed by atoms with Crippen molar-refractivity contribution in [2.75, 3.05) is 6.61 Å². The molecule has 0 fully saturated rings. The van der Waals surface area contributed by atoms with Gasteiger partial charge in [-0.05, 0) is 18.1 Å². The molecule has 2 aromatic rings. The Labute approximate surface area is 155 Å². The average molecular weight is 396 g/mol. The van der Waals surface area contributed by atoms with Gasteiger partial charge in [0.25, 0.3) is 5.56 Å². The molecule has 0 N–H and O–H groups in total. The lowest BCUT2D eigenvalue weighted by atomic mass is 10.2. The molecule has 9 nitrogen and oxygen atoms in total. The van der Waals surface area contributed by atoms with E-state index in [1.54, 1.807) is 0 Å². The van der Waals surface area contributed by atoms with Gasteiger partial charge in [0, 0.05) is 20.3 Å². The smallest absolute Gasteiger partial charge is 0.346 e. The van der Waals surface area contributed by atoms with E-state index in [1.807, 2.05) is 13.8 Å². The Balaban J connectivity index is 2.45. The van der Waals surface area contributed by atoms with Crippen LogP contribution in [0, 0.1) is 5.92 Å². The Bertz CT molecular complexity index is 1080. The average Bonchev–Trinajstić information content (AvgIpc) is 2.60. The summed E-state index contributed by atoms with van der Waals surface area (Å²) in [6, 6.07) is 5.63. The first kappa shape index (κ1) is 20.4. The highest BCUT2D eigenvalue weighted by atomic mass is 32.2. The van der Waals surface area contributed by atoms with E-state index in [0.717, 1.165) is 17.8 Å². The Morgan fingerprint density at radius 3 is 2.41 bits per heavy atom. The van der Waals surface area contributed by atoms with E-state index >= 15 is 0 Å². The van der Waals surface area contributed by atoms with E-state index in [0.29, 0.717) is 4.57 Å². The molecule has 0 saturated heterocycles. The second kappa shape index (κ2) is 7.78. The summed E-state index contributed by atoms with van der Waals surface area (Å²) in [6.07, 6.45) is 0.875. The van der Waals surface area contributed by atoms with Crippen molar-refractivity contribution in [2.24, 2.45) is 20.0 Å². The number of nitrogens with zero attached hydrogens (tertiary/aromatic N) is 2. The molecule has 0 atom stereocenters. The molecule has 2 rings (SSSR count). The van der Waals surface area contributed by atoms with E-state index in [1.165, 1.54) is 31.3 Å². The maximum Gasteiger partial charge on any atom is 0.346 e. The van der Waals surface area contributed by atoms with Gasteiger partial charge in [0.2, 0.25) is 0 Å². The fourth-order valence-corrected chi connectivity index (χ4v) is 3.25. The number of aryl methyl sites for hydroxylation is 1. The zero-order chi connectivity index (χ0) is 20.4. The summed E-state index contributed by atoms with van der Waals surface area (Å²) in [6.45, 7) is 3.87. The number of carbonyl (C=O) groups is 1. The molecule has 27 heavy (non-hydrogen) atoms. The maximum absolute atomic E-state index is 12.6. The number of para-hydroxylation sites is 1. The number of ether oxygens (including phenoxy) is 1. The van der Waals surface area contributed by atoms with Crippen LogP contribution in [-0.4, -0.2) is 30.1 Å². The van der Waals surface area contributed by atoms with Gasteiger partial charge < -0.3 is 13.5 Å². The first-order valence-electron chi connectivity index (χ1n) is 8.02. The minimum absolute atomic E-state index is 0.0941. The second-order valence-electron chi connectivity index (χ2n) is 6.28. The van der Waals surface area contributed by atoms with Crippen LogP contribution in [0.15, 0.2) is 44.9 Å². The van der Waals surface area contributed by atoms with Crippen molar-refractivity contribution in [2.45, 2.75) is 18.7 Å². The Hall–Kier alpha value is -2.88. The van der Waals surface area contributed by atoms with Gasteiger partial charge >= 0.3 is 21.8 Å². The molecular weight excluding hydrogens is 376 g/mol. The predicted octanol–water partition coefficient (Wildman–Crippen LogP) is 0.665. The topological polar surface area (TPSA) is 114 Å². The van der Waals surface area contributed by atoms with Crippen molar-refractivity contribution in [3.8, 4) is 5.75 Å². The lowest BCUT2D eigenvalue weighted by molar-refractivity contribution is 0.0457. The molecule has 1 aromatic carbocycles. The first-order chi connectivity index (χ1) is 12.5. The quantitative estimate of drug-likeness (QED) is 0.521. The lowest BCUT2D eigenvalue weighted by Gasteiger charge is -2.12. The van der Waals surface area contributed by atoms with Gasteiger partial charge in [-0.2, -0.15) is 8.42 Å². The van der Waals surface area contributed by atoms with Crippen LogP contribution >= 0.6 is 0 Å². The summed E-state index contributed by atoms with van der Waals surface area (Å²) in [7, 11) is -2.14. The van der Waals surface area contributed by atoms with Crippen LogP contribution in [0.2, 0.25) is 0 Å². The number of carbonyl (C=O) groups excluding carboxylic acids is 1. The molecule has 0 radical (unpaired) electrons. The zero-order valence-electron chi connectivity index (χ0n) is 15.3. The summed E-state index contributed by atoms with van der Waals surface area (Å²) in [4.78, 5) is 35.4. The van der Waals surface area contributed by atoms with Gasteiger partial charge in [-0.3, -0.25) is 9.36 Å². The van der Waals surface area contributed by atoms with Gasteiger partial charge in [0.05, 0.1) is 6.61 Å². The summed E-state index contributed by atoms with van der Waals surface area (Å²) in [5, 5.41) is 0. The van der Waals surface area contributed by atoms with Crippen molar-refractivity contribution in [3.63, 3.8) is 0 Å². The van der Waals surface area contributed by atoms with Crippen molar-refractivity contribution < 1.29 is 22.1 Å². The highest BCUT2D eigenvalue weighted by Gasteiger charge is 2.26. The molecule has 0 aliphatic carbocycles. The molecular formula is C17H20N2O7S. The van der Waals surface area contributed by atoms with Crippen molar-refractivity contribution in [1.82, 2.24) is 9.13 Å². The molecule has 0 saturated carbocycles. The van der Waals surface area contributed by atoms with Gasteiger partial charge in [-0.25, -0.2) is 9.59 Å². The third-order valence-corrected chi connectivity index (χ3v) is 4.76. The molecule has 0 spiro atoms. The summed E-state index contributed by atoms with van der Waals surface area (Å²) in [5.74, 6) is -0.926. The largest absolute Gasteiger partial charge is 0.462 e. The number of aromatic nitrogens is 2. The summed E-state index contributed by atoms with van der Waals surface area (Å²) >= 11 is 0. The molecule has 10 heteroatoms. The minimum Gasteiger partial charge on any atom is -0.462 e. The van der Waals surface area contributed by atoms with Crippen molar-refractivity contribution >= 4 is 16.1 Å². The molecule has 0 unspecified atom stereocenters. The third kappa shape index (κ3) is 4.45. The van der Waals surface area contributed by atoms with Crippen LogP contribution in [0.1, 0.15) is 24.2 Å². The van der Waals surface area contributed by atoms with Crippen molar-refractivity contribution in [3.05, 3.63) is 56.9 Å². The molecule has 1 aromatic heterocycles. The monoisotopic (exact) mass is 396 g/mol. The maximum atomic E-state index is 12.6. The Morgan fingerprint density at radius 2 is 1.78 bits per heavy atom. The molecule has 0 aliphatic rings. The lowest BCUT2D eigenvalue weighted by Crippen LogP contribution is -2.40. The van der Waals surface area contributed by atoms with Crippen LogP contribution in [-0.2, 0) is 29.0 Å². The fraction of sp³-hybridized carbons (Fsp3) is 0.353. The zero-order valence-corrected chi connectivity index (χ0v) is 16.1. The molecule has 0 aliphatic heterocycles.